The van der Waals surface area contributed by atoms with Gasteiger partial charge in [0.05, 0.1) is 11.8 Å². The van der Waals surface area contributed by atoms with Crippen LogP contribution < -0.4 is 0 Å². The number of carbonyl (C=O) groups is 2. The summed E-state index contributed by atoms with van der Waals surface area (Å²) < 4.78 is 68.1. The molecule has 0 aliphatic heterocycles. The molecule has 5 unspecified atom stereocenters. The summed E-state index contributed by atoms with van der Waals surface area (Å²) in [6, 6.07) is 0. The van der Waals surface area contributed by atoms with E-state index >= 15 is 0 Å². The molecule has 160 valence electrons. The summed E-state index contributed by atoms with van der Waals surface area (Å²) in [5, 5.41) is -4.63. The van der Waals surface area contributed by atoms with Crippen LogP contribution in [-0.4, -0.2) is 42.4 Å². The lowest BCUT2D eigenvalue weighted by Crippen LogP contribution is -2.45. The Morgan fingerprint density at radius 2 is 1.54 bits per heavy atom. The highest BCUT2D eigenvalue weighted by Gasteiger charge is 2.58. The van der Waals surface area contributed by atoms with Crippen molar-refractivity contribution in [2.45, 2.75) is 75.8 Å². The lowest BCUT2D eigenvalue weighted by Gasteiger charge is -2.31. The van der Waals surface area contributed by atoms with Gasteiger partial charge in [-0.05, 0) is 63.7 Å². The predicted molar refractivity (Wildman–Crippen MR) is 92.8 cm³/mol. The molecular weight excluding hydrogens is 398 g/mol. The average molecular weight is 424 g/mol. The van der Waals surface area contributed by atoms with Crippen molar-refractivity contribution in [2.75, 3.05) is 0 Å². The van der Waals surface area contributed by atoms with Crippen LogP contribution in [0.4, 0.5) is 8.78 Å². The molecule has 0 aromatic carbocycles. The summed E-state index contributed by atoms with van der Waals surface area (Å²) in [4.78, 5) is 25.3. The van der Waals surface area contributed by atoms with Crippen molar-refractivity contribution in [2.24, 2.45) is 23.7 Å². The van der Waals surface area contributed by atoms with Crippen molar-refractivity contribution < 1.29 is 40.8 Å². The van der Waals surface area contributed by atoms with Crippen molar-refractivity contribution >= 4 is 22.1 Å². The highest BCUT2D eigenvalue weighted by molar-refractivity contribution is 7.86. The molecule has 5 atom stereocenters. The van der Waals surface area contributed by atoms with Gasteiger partial charge in [0, 0.05) is 0 Å². The van der Waals surface area contributed by atoms with Crippen LogP contribution in [-0.2, 0) is 29.2 Å². The molecule has 0 amide bonds. The topological polar surface area (TPSA) is 107 Å². The van der Waals surface area contributed by atoms with Gasteiger partial charge in [0.1, 0.15) is 6.10 Å². The van der Waals surface area contributed by atoms with Crippen LogP contribution >= 0.6 is 0 Å². The van der Waals surface area contributed by atoms with E-state index in [1.165, 1.54) is 0 Å². The fourth-order valence-corrected chi connectivity index (χ4v) is 5.39. The Hall–Kier alpha value is -1.29. The smallest absolute Gasteiger partial charge is 0.405 e. The number of hydrogen-bond acceptors (Lipinski definition) is 6. The molecule has 3 fully saturated rings. The second kappa shape index (κ2) is 7.85. The zero-order valence-corrected chi connectivity index (χ0v) is 16.5. The number of ether oxygens (including phenoxy) is 2. The minimum atomic E-state index is -5.73. The highest BCUT2D eigenvalue weighted by Crippen LogP contribution is 2.53. The van der Waals surface area contributed by atoms with Crippen LogP contribution in [0.3, 0.4) is 0 Å². The van der Waals surface area contributed by atoms with Gasteiger partial charge in [0.25, 0.3) is 0 Å². The van der Waals surface area contributed by atoms with E-state index in [-0.39, 0.29) is 17.9 Å². The molecular formula is C18H26F2O7S. The molecule has 3 rings (SSSR count). The van der Waals surface area contributed by atoms with E-state index in [4.69, 9.17) is 14.0 Å². The summed E-state index contributed by atoms with van der Waals surface area (Å²) in [6.45, 7) is 0.703. The summed E-state index contributed by atoms with van der Waals surface area (Å²) in [5.41, 5.74) is 0. The van der Waals surface area contributed by atoms with Crippen molar-refractivity contribution in [3.8, 4) is 0 Å². The molecule has 2 bridgehead atoms. The maximum absolute atomic E-state index is 13.7. The van der Waals surface area contributed by atoms with Crippen LogP contribution in [0.15, 0.2) is 0 Å². The molecule has 3 aliphatic carbocycles. The maximum Gasteiger partial charge on any atom is 0.405 e. The third-order valence-corrected chi connectivity index (χ3v) is 7.43. The molecule has 1 N–H and O–H groups in total. The first-order valence-corrected chi connectivity index (χ1v) is 11.2. The van der Waals surface area contributed by atoms with Crippen molar-refractivity contribution in [1.82, 2.24) is 0 Å². The third kappa shape index (κ3) is 4.03. The molecule has 0 spiro atoms. The molecule has 7 nitrogen and oxygen atoms in total. The minimum absolute atomic E-state index is 0.0592. The number of rotatable bonds is 6. The van der Waals surface area contributed by atoms with Crippen LogP contribution in [0, 0.1) is 23.7 Å². The summed E-state index contributed by atoms with van der Waals surface area (Å²) in [5.74, 6) is -3.43. The summed E-state index contributed by atoms with van der Waals surface area (Å²) in [7, 11) is -5.73. The van der Waals surface area contributed by atoms with Crippen molar-refractivity contribution in [1.29, 1.82) is 0 Å². The normalized spacial score (nSPS) is 32.1. The fourth-order valence-electron chi connectivity index (χ4n) is 4.93. The van der Waals surface area contributed by atoms with Crippen LogP contribution in [0.25, 0.3) is 0 Å². The Morgan fingerprint density at radius 1 is 1.00 bits per heavy atom. The van der Waals surface area contributed by atoms with Gasteiger partial charge in [0.15, 0.2) is 6.10 Å². The fraction of sp³-hybridized carbons (Fsp3) is 0.889. The van der Waals surface area contributed by atoms with Crippen molar-refractivity contribution in [3.63, 3.8) is 0 Å². The number of fused-ring (bicyclic) bond motifs is 2. The molecule has 3 saturated carbocycles. The average Bonchev–Trinajstić information content (AvgIpc) is 3.22. The minimum Gasteiger partial charge on any atom is -0.462 e. The molecule has 0 radical (unpaired) electrons. The standard InChI is InChI=1S/C18H26F2O7S/c1-10(18(19,20)28(23,24)25)26-16(21)14-11-7-8-12(9-11)15(14)17(22)27-13-5-3-2-4-6-13/h10-15H,2-9H2,1H3,(H,23,24,25). The zero-order valence-electron chi connectivity index (χ0n) is 15.7. The van der Waals surface area contributed by atoms with Gasteiger partial charge >= 0.3 is 27.3 Å². The first-order chi connectivity index (χ1) is 13.0. The van der Waals surface area contributed by atoms with Crippen molar-refractivity contribution in [3.05, 3.63) is 0 Å². The largest absolute Gasteiger partial charge is 0.462 e. The van der Waals surface area contributed by atoms with Gasteiger partial charge in [-0.25, -0.2) is 0 Å². The van der Waals surface area contributed by atoms with E-state index in [1.54, 1.807) is 0 Å². The molecule has 28 heavy (non-hydrogen) atoms. The maximum atomic E-state index is 13.7. The molecule has 3 aliphatic rings. The van der Waals surface area contributed by atoms with Gasteiger partial charge in [-0.3, -0.25) is 14.1 Å². The number of halogens is 2. The van der Waals surface area contributed by atoms with Crippen LogP contribution in [0.5, 0.6) is 0 Å². The van der Waals surface area contributed by atoms with E-state index in [1.807, 2.05) is 0 Å². The van der Waals surface area contributed by atoms with Gasteiger partial charge in [-0.1, -0.05) is 6.42 Å². The Labute approximate surface area is 162 Å². The van der Waals surface area contributed by atoms with Gasteiger partial charge in [-0.2, -0.15) is 17.2 Å². The quantitative estimate of drug-likeness (QED) is 0.516. The van der Waals surface area contributed by atoms with E-state index in [2.05, 4.69) is 0 Å². The zero-order chi connectivity index (χ0) is 20.7. The lowest BCUT2D eigenvalue weighted by molar-refractivity contribution is -0.175. The lowest BCUT2D eigenvalue weighted by atomic mass is 9.79. The van der Waals surface area contributed by atoms with Gasteiger partial charge in [-0.15, -0.1) is 0 Å². The van der Waals surface area contributed by atoms with E-state index in [9.17, 15) is 26.8 Å². The predicted octanol–water partition coefficient (Wildman–Crippen LogP) is 2.94. The Bertz CT molecular complexity index is 717. The second-order valence-electron chi connectivity index (χ2n) is 8.20. The second-order valence-corrected chi connectivity index (χ2v) is 9.69. The molecule has 0 saturated heterocycles. The van der Waals surface area contributed by atoms with Gasteiger partial charge < -0.3 is 9.47 Å². The van der Waals surface area contributed by atoms with E-state index < -0.39 is 45.3 Å². The van der Waals surface area contributed by atoms with E-state index in [0.29, 0.717) is 19.8 Å². The first-order valence-electron chi connectivity index (χ1n) is 9.78. The third-order valence-electron chi connectivity index (χ3n) is 6.41. The first kappa shape index (κ1) is 21.4. The molecule has 0 aromatic heterocycles. The van der Waals surface area contributed by atoms with Crippen LogP contribution in [0.2, 0.25) is 0 Å². The number of carbonyl (C=O) groups excluding carboxylic acids is 2. The number of esters is 2. The molecule has 0 aromatic rings. The van der Waals surface area contributed by atoms with E-state index in [0.717, 1.165) is 38.5 Å². The van der Waals surface area contributed by atoms with Crippen LogP contribution in [0.1, 0.15) is 58.3 Å². The SMILES string of the molecule is CC(OC(=O)C1C2CCC(C2)C1C(=O)OC1CCCCC1)C(F)(F)S(=O)(=O)O. The number of alkyl halides is 2. The summed E-state index contributed by atoms with van der Waals surface area (Å²) in [6.07, 6.45) is 4.10. The Kier molecular flexibility index (Phi) is 6.01. The monoisotopic (exact) mass is 424 g/mol. The Balaban J connectivity index is 1.70. The molecule has 0 heterocycles. The number of hydrogen-bond donors (Lipinski definition) is 1. The molecule has 10 heteroatoms. The van der Waals surface area contributed by atoms with Gasteiger partial charge in [0.2, 0.25) is 0 Å². The Morgan fingerprint density at radius 3 is 2.07 bits per heavy atom. The summed E-state index contributed by atoms with van der Waals surface area (Å²) >= 11 is 0. The highest BCUT2D eigenvalue weighted by atomic mass is 32.2.